The van der Waals surface area contributed by atoms with Crippen molar-refractivity contribution in [3.05, 3.63) is 66.5 Å². The molecule has 2 heterocycles. The van der Waals surface area contributed by atoms with Gasteiger partial charge < -0.3 is 4.57 Å². The second-order valence-corrected chi connectivity index (χ2v) is 7.16. The van der Waals surface area contributed by atoms with Gasteiger partial charge in [-0.1, -0.05) is 18.2 Å². The minimum atomic E-state index is -0.245. The molecular weight excluding hydrogens is 331 g/mol. The lowest BCUT2D eigenvalue weighted by Crippen LogP contribution is -1.92. The molecule has 4 heteroatoms. The van der Waals surface area contributed by atoms with Crippen molar-refractivity contribution in [2.45, 2.75) is 13.5 Å². The van der Waals surface area contributed by atoms with Crippen molar-refractivity contribution in [1.29, 1.82) is 0 Å². The number of aryl methyl sites for hydroxylation is 1. The van der Waals surface area contributed by atoms with Crippen LogP contribution in [-0.2, 0) is 6.54 Å². The van der Waals surface area contributed by atoms with Crippen LogP contribution in [0.5, 0.6) is 0 Å². The van der Waals surface area contributed by atoms with Gasteiger partial charge >= 0.3 is 0 Å². The predicted octanol–water partition coefficient (Wildman–Crippen LogP) is 6.23. The van der Waals surface area contributed by atoms with Crippen molar-refractivity contribution >= 4 is 43.4 Å². The van der Waals surface area contributed by atoms with E-state index < -0.39 is 0 Å². The highest BCUT2D eigenvalue weighted by Crippen LogP contribution is 2.35. The zero-order valence-corrected chi connectivity index (χ0v) is 14.5. The van der Waals surface area contributed by atoms with Crippen LogP contribution in [0.25, 0.3) is 42.6 Å². The quantitative estimate of drug-likeness (QED) is 0.370. The molecule has 0 aliphatic carbocycles. The van der Waals surface area contributed by atoms with Crippen LogP contribution in [-0.4, -0.2) is 9.55 Å². The molecule has 5 rings (SSSR count). The molecule has 0 aliphatic heterocycles. The fourth-order valence-electron chi connectivity index (χ4n) is 3.55. The minimum Gasteiger partial charge on any atom is -0.341 e. The largest absolute Gasteiger partial charge is 0.341 e. The molecule has 0 radical (unpaired) electrons. The van der Waals surface area contributed by atoms with Gasteiger partial charge in [-0.15, -0.1) is 11.3 Å². The molecule has 2 nitrogen and oxygen atoms in total. The summed E-state index contributed by atoms with van der Waals surface area (Å²) in [5.41, 5.74) is 4.28. The van der Waals surface area contributed by atoms with Gasteiger partial charge in [0.15, 0.2) is 0 Å². The van der Waals surface area contributed by atoms with E-state index in [-0.39, 0.29) is 5.82 Å². The lowest BCUT2D eigenvalue weighted by atomic mass is 10.1. The van der Waals surface area contributed by atoms with Crippen molar-refractivity contribution in [2.75, 3.05) is 0 Å². The molecule has 0 amide bonds. The van der Waals surface area contributed by atoms with E-state index in [1.807, 2.05) is 0 Å². The van der Waals surface area contributed by atoms with Crippen LogP contribution in [0.2, 0.25) is 0 Å². The number of nitrogens with zero attached hydrogens (tertiary/aromatic N) is 2. The fourth-order valence-corrected chi connectivity index (χ4v) is 4.49. The van der Waals surface area contributed by atoms with Gasteiger partial charge in [0.25, 0.3) is 0 Å². The van der Waals surface area contributed by atoms with Gasteiger partial charge in [-0.25, -0.2) is 9.37 Å². The molecule has 0 fully saturated rings. The Morgan fingerprint density at radius 1 is 0.960 bits per heavy atom. The van der Waals surface area contributed by atoms with Crippen molar-refractivity contribution in [3.8, 4) is 10.6 Å². The van der Waals surface area contributed by atoms with Crippen molar-refractivity contribution < 1.29 is 4.39 Å². The third-order valence-corrected chi connectivity index (χ3v) is 5.77. The predicted molar refractivity (Wildman–Crippen MR) is 104 cm³/mol. The summed E-state index contributed by atoms with van der Waals surface area (Å²) in [6.07, 6.45) is 0. The molecule has 25 heavy (non-hydrogen) atoms. The molecule has 0 aliphatic rings. The zero-order chi connectivity index (χ0) is 17.0. The van der Waals surface area contributed by atoms with Crippen LogP contribution in [0.1, 0.15) is 6.92 Å². The maximum Gasteiger partial charge on any atom is 0.125 e. The molecule has 0 saturated carbocycles. The van der Waals surface area contributed by atoms with Crippen LogP contribution in [0.4, 0.5) is 4.39 Å². The number of aromatic nitrogens is 2. The van der Waals surface area contributed by atoms with E-state index in [1.165, 1.54) is 33.9 Å². The average molecular weight is 346 g/mol. The SMILES string of the molecule is CCn1c2ccccc2c2cc(-c3nc4cc(F)ccc4s3)ccc21. The minimum absolute atomic E-state index is 0.245. The molecular formula is C21H15FN2S. The Morgan fingerprint density at radius 2 is 1.80 bits per heavy atom. The number of rotatable bonds is 2. The summed E-state index contributed by atoms with van der Waals surface area (Å²) in [6.45, 7) is 3.10. The summed E-state index contributed by atoms with van der Waals surface area (Å²) in [5.74, 6) is -0.245. The van der Waals surface area contributed by atoms with E-state index in [4.69, 9.17) is 0 Å². The normalized spacial score (nSPS) is 11.8. The Balaban J connectivity index is 1.77. The van der Waals surface area contributed by atoms with E-state index in [0.717, 1.165) is 27.3 Å². The van der Waals surface area contributed by atoms with E-state index in [9.17, 15) is 4.39 Å². The van der Waals surface area contributed by atoms with E-state index in [0.29, 0.717) is 0 Å². The maximum absolute atomic E-state index is 13.4. The van der Waals surface area contributed by atoms with Gasteiger partial charge in [-0.05, 0) is 43.3 Å². The third kappa shape index (κ3) is 2.18. The second-order valence-electron chi connectivity index (χ2n) is 6.12. The Bertz CT molecular complexity index is 1250. The van der Waals surface area contributed by atoms with Gasteiger partial charge in [0.05, 0.1) is 10.2 Å². The smallest absolute Gasteiger partial charge is 0.125 e. The molecule has 3 aromatic carbocycles. The molecule has 122 valence electrons. The Kier molecular flexibility index (Phi) is 3.15. The number of benzene rings is 3. The molecule has 0 atom stereocenters. The van der Waals surface area contributed by atoms with E-state index in [2.05, 4.69) is 58.9 Å². The first-order valence-corrected chi connectivity index (χ1v) is 9.13. The molecule has 0 spiro atoms. The van der Waals surface area contributed by atoms with E-state index >= 15 is 0 Å². The van der Waals surface area contributed by atoms with Gasteiger partial charge in [0.1, 0.15) is 10.8 Å². The van der Waals surface area contributed by atoms with Crippen LogP contribution in [0.3, 0.4) is 0 Å². The summed E-state index contributed by atoms with van der Waals surface area (Å²) in [5, 5.41) is 3.42. The third-order valence-electron chi connectivity index (χ3n) is 4.69. The highest BCUT2D eigenvalue weighted by molar-refractivity contribution is 7.21. The van der Waals surface area contributed by atoms with Gasteiger partial charge in [0.2, 0.25) is 0 Å². The summed E-state index contributed by atoms with van der Waals surface area (Å²) < 4.78 is 16.8. The van der Waals surface area contributed by atoms with Gasteiger partial charge in [0, 0.05) is 40.0 Å². The molecule has 0 unspecified atom stereocenters. The monoisotopic (exact) mass is 346 g/mol. The number of para-hydroxylation sites is 1. The van der Waals surface area contributed by atoms with Crippen LogP contribution < -0.4 is 0 Å². The topological polar surface area (TPSA) is 17.8 Å². The highest BCUT2D eigenvalue weighted by Gasteiger charge is 2.12. The first-order chi connectivity index (χ1) is 12.2. The van der Waals surface area contributed by atoms with Crippen LogP contribution in [0, 0.1) is 5.82 Å². The first kappa shape index (κ1) is 14.6. The van der Waals surface area contributed by atoms with Crippen molar-refractivity contribution in [2.24, 2.45) is 0 Å². The lowest BCUT2D eigenvalue weighted by Gasteiger charge is -2.03. The van der Waals surface area contributed by atoms with Gasteiger partial charge in [-0.2, -0.15) is 0 Å². The Labute approximate surface area is 148 Å². The fraction of sp³-hybridized carbons (Fsp3) is 0.0952. The molecule has 2 aromatic heterocycles. The highest BCUT2D eigenvalue weighted by atomic mass is 32.1. The maximum atomic E-state index is 13.4. The molecule has 0 bridgehead atoms. The first-order valence-electron chi connectivity index (χ1n) is 8.32. The number of hydrogen-bond acceptors (Lipinski definition) is 2. The van der Waals surface area contributed by atoms with Crippen molar-refractivity contribution in [3.63, 3.8) is 0 Å². The van der Waals surface area contributed by atoms with E-state index in [1.54, 1.807) is 17.4 Å². The number of fused-ring (bicyclic) bond motifs is 4. The van der Waals surface area contributed by atoms with Crippen molar-refractivity contribution in [1.82, 2.24) is 9.55 Å². The summed E-state index contributed by atoms with van der Waals surface area (Å²) in [4.78, 5) is 4.63. The number of halogens is 1. The zero-order valence-electron chi connectivity index (χ0n) is 13.7. The molecule has 5 aromatic rings. The number of thiazole rings is 1. The second kappa shape index (κ2) is 5.39. The Hall–Kier alpha value is -2.72. The lowest BCUT2D eigenvalue weighted by molar-refractivity contribution is 0.629. The van der Waals surface area contributed by atoms with Gasteiger partial charge in [-0.3, -0.25) is 0 Å². The summed E-state index contributed by atoms with van der Waals surface area (Å²) >= 11 is 1.60. The summed E-state index contributed by atoms with van der Waals surface area (Å²) in [6, 6.07) is 19.8. The Morgan fingerprint density at radius 3 is 2.68 bits per heavy atom. The summed E-state index contributed by atoms with van der Waals surface area (Å²) in [7, 11) is 0. The molecule has 0 N–H and O–H groups in total. The average Bonchev–Trinajstić information content (AvgIpc) is 3.19. The van der Waals surface area contributed by atoms with Crippen LogP contribution in [0.15, 0.2) is 60.7 Å². The standard InChI is InChI=1S/C21H15FN2S/c1-2-24-18-6-4-3-5-15(18)16-11-13(7-9-19(16)24)21-23-17-12-14(22)8-10-20(17)25-21/h3-12H,2H2,1H3. The number of hydrogen-bond donors (Lipinski definition) is 0. The molecule has 0 saturated heterocycles. The van der Waals surface area contributed by atoms with Crippen LogP contribution >= 0.6 is 11.3 Å².